The first kappa shape index (κ1) is 13.7. The zero-order chi connectivity index (χ0) is 13.8. The lowest BCUT2D eigenvalue weighted by atomic mass is 9.95. The number of methoxy groups -OCH3 is 1. The number of carboxylic acid groups (broad SMARTS) is 1. The number of rotatable bonds is 4. The number of carboxylic acids is 1. The van der Waals surface area contributed by atoms with Gasteiger partial charge in [-0.1, -0.05) is 6.07 Å². The highest BCUT2D eigenvalue weighted by molar-refractivity contribution is 5.96. The predicted molar refractivity (Wildman–Crippen MR) is 71.5 cm³/mol. The van der Waals surface area contributed by atoms with Crippen LogP contribution in [-0.2, 0) is 4.74 Å². The number of aromatic carboxylic acids is 1. The van der Waals surface area contributed by atoms with E-state index in [9.17, 15) is 9.90 Å². The van der Waals surface area contributed by atoms with Crippen molar-refractivity contribution in [2.75, 3.05) is 12.8 Å². The summed E-state index contributed by atoms with van der Waals surface area (Å²) in [6, 6.07) is 4.92. The second-order valence-corrected chi connectivity index (χ2v) is 4.79. The minimum absolute atomic E-state index is 0.0152. The van der Waals surface area contributed by atoms with Crippen LogP contribution in [0, 0.1) is 0 Å². The molecule has 2 unspecified atom stereocenters. The van der Waals surface area contributed by atoms with Gasteiger partial charge in [-0.15, -0.1) is 0 Å². The van der Waals surface area contributed by atoms with Gasteiger partial charge < -0.3 is 20.3 Å². The third-order valence-corrected chi connectivity index (χ3v) is 3.48. The highest BCUT2D eigenvalue weighted by Gasteiger charge is 2.25. The lowest BCUT2D eigenvalue weighted by molar-refractivity contribution is 0.0205. The maximum absolute atomic E-state index is 11.2. The smallest absolute Gasteiger partial charge is 0.341 e. The minimum Gasteiger partial charge on any atom is -0.489 e. The molecule has 1 saturated carbocycles. The summed E-state index contributed by atoms with van der Waals surface area (Å²) in [5, 5.41) is 9.19. The molecule has 1 aromatic carbocycles. The summed E-state index contributed by atoms with van der Waals surface area (Å²) in [5.74, 6) is -0.721. The van der Waals surface area contributed by atoms with E-state index in [4.69, 9.17) is 15.2 Å². The first-order valence-electron chi connectivity index (χ1n) is 6.43. The van der Waals surface area contributed by atoms with Crippen LogP contribution in [0.5, 0.6) is 5.75 Å². The van der Waals surface area contributed by atoms with E-state index in [1.165, 1.54) is 0 Å². The molecule has 2 atom stereocenters. The van der Waals surface area contributed by atoms with E-state index in [-0.39, 0.29) is 23.5 Å². The number of nitrogen functional groups attached to an aromatic ring is 1. The van der Waals surface area contributed by atoms with Crippen molar-refractivity contribution >= 4 is 11.7 Å². The normalized spacial score (nSPS) is 23.0. The first-order valence-corrected chi connectivity index (χ1v) is 6.43. The van der Waals surface area contributed by atoms with Gasteiger partial charge in [0.2, 0.25) is 0 Å². The highest BCUT2D eigenvalue weighted by Crippen LogP contribution is 2.29. The number of ether oxygens (including phenoxy) is 2. The number of carbonyl (C=O) groups is 1. The van der Waals surface area contributed by atoms with Crippen molar-refractivity contribution in [3.05, 3.63) is 23.8 Å². The average Bonchev–Trinajstić information content (AvgIpc) is 2.38. The molecule has 0 aliphatic heterocycles. The Kier molecular flexibility index (Phi) is 4.27. The summed E-state index contributed by atoms with van der Waals surface area (Å²) in [5.41, 5.74) is 5.96. The Morgan fingerprint density at radius 2 is 2.11 bits per heavy atom. The standard InChI is InChI=1S/C14H19NO4/c1-18-9-4-2-5-10(8-9)19-12-7-3-6-11(15)13(12)14(16)17/h3,6-7,9-10H,2,4-5,8,15H2,1H3,(H,16,17). The van der Waals surface area contributed by atoms with Gasteiger partial charge in [-0.25, -0.2) is 4.79 Å². The average molecular weight is 265 g/mol. The van der Waals surface area contributed by atoms with E-state index >= 15 is 0 Å². The van der Waals surface area contributed by atoms with Gasteiger partial charge in [0, 0.05) is 19.2 Å². The Labute approximate surface area is 112 Å². The summed E-state index contributed by atoms with van der Waals surface area (Å²) in [6.45, 7) is 0. The second kappa shape index (κ2) is 5.93. The molecule has 5 nitrogen and oxygen atoms in total. The van der Waals surface area contributed by atoms with Crippen molar-refractivity contribution in [1.82, 2.24) is 0 Å². The Bertz CT molecular complexity index is 461. The molecule has 2 rings (SSSR count). The number of benzene rings is 1. The third-order valence-electron chi connectivity index (χ3n) is 3.48. The molecule has 19 heavy (non-hydrogen) atoms. The molecule has 1 aliphatic rings. The van der Waals surface area contributed by atoms with Gasteiger partial charge in [0.25, 0.3) is 0 Å². The second-order valence-electron chi connectivity index (χ2n) is 4.79. The van der Waals surface area contributed by atoms with Crippen LogP contribution in [0.3, 0.4) is 0 Å². The molecule has 1 aliphatic carbocycles. The summed E-state index contributed by atoms with van der Waals surface area (Å²) in [7, 11) is 1.69. The number of nitrogens with two attached hydrogens (primary N) is 1. The number of hydrogen-bond acceptors (Lipinski definition) is 4. The van der Waals surface area contributed by atoms with Crippen molar-refractivity contribution < 1.29 is 19.4 Å². The Morgan fingerprint density at radius 1 is 1.37 bits per heavy atom. The summed E-state index contributed by atoms with van der Waals surface area (Å²) in [4.78, 5) is 11.2. The maximum atomic E-state index is 11.2. The van der Waals surface area contributed by atoms with Crippen LogP contribution in [0.25, 0.3) is 0 Å². The van der Waals surface area contributed by atoms with Crippen molar-refractivity contribution in [2.24, 2.45) is 0 Å². The van der Waals surface area contributed by atoms with Crippen molar-refractivity contribution in [1.29, 1.82) is 0 Å². The molecule has 0 bridgehead atoms. The van der Waals surface area contributed by atoms with Crippen LogP contribution in [0.4, 0.5) is 5.69 Å². The quantitative estimate of drug-likeness (QED) is 0.816. The zero-order valence-corrected chi connectivity index (χ0v) is 11.0. The van der Waals surface area contributed by atoms with Crippen LogP contribution in [-0.4, -0.2) is 30.4 Å². The van der Waals surface area contributed by atoms with E-state index in [0.29, 0.717) is 5.75 Å². The topological polar surface area (TPSA) is 81.8 Å². The molecular formula is C14H19NO4. The Balaban J connectivity index is 2.14. The molecule has 0 saturated heterocycles. The van der Waals surface area contributed by atoms with Gasteiger partial charge in [0.15, 0.2) is 0 Å². The van der Waals surface area contributed by atoms with Gasteiger partial charge in [-0.2, -0.15) is 0 Å². The molecule has 1 aromatic rings. The lowest BCUT2D eigenvalue weighted by Gasteiger charge is -2.29. The fraction of sp³-hybridized carbons (Fsp3) is 0.500. The molecule has 0 spiro atoms. The van der Waals surface area contributed by atoms with Crippen molar-refractivity contribution in [2.45, 2.75) is 37.9 Å². The summed E-state index contributed by atoms with van der Waals surface area (Å²) in [6.07, 6.45) is 3.91. The van der Waals surface area contributed by atoms with Crippen LogP contribution < -0.4 is 10.5 Å². The highest BCUT2D eigenvalue weighted by atomic mass is 16.5. The molecule has 1 fully saturated rings. The fourth-order valence-electron chi connectivity index (χ4n) is 2.48. The molecular weight excluding hydrogens is 246 g/mol. The van der Waals surface area contributed by atoms with Crippen molar-refractivity contribution in [3.63, 3.8) is 0 Å². The molecule has 5 heteroatoms. The van der Waals surface area contributed by atoms with E-state index in [2.05, 4.69) is 0 Å². The molecule has 104 valence electrons. The number of anilines is 1. The SMILES string of the molecule is COC1CCCC(Oc2cccc(N)c2C(=O)O)C1. The molecule has 0 radical (unpaired) electrons. The molecule has 0 aromatic heterocycles. The van der Waals surface area contributed by atoms with Crippen LogP contribution in [0.2, 0.25) is 0 Å². The molecule has 0 amide bonds. The zero-order valence-electron chi connectivity index (χ0n) is 11.0. The van der Waals surface area contributed by atoms with Crippen LogP contribution in [0.15, 0.2) is 18.2 Å². The van der Waals surface area contributed by atoms with Gasteiger partial charge in [-0.3, -0.25) is 0 Å². The fourth-order valence-corrected chi connectivity index (χ4v) is 2.48. The minimum atomic E-state index is -1.06. The molecule has 3 N–H and O–H groups in total. The van der Waals surface area contributed by atoms with Gasteiger partial charge >= 0.3 is 5.97 Å². The van der Waals surface area contributed by atoms with E-state index in [0.717, 1.165) is 25.7 Å². The van der Waals surface area contributed by atoms with Gasteiger partial charge in [0.1, 0.15) is 17.4 Å². The van der Waals surface area contributed by atoms with Gasteiger partial charge in [-0.05, 0) is 31.4 Å². The van der Waals surface area contributed by atoms with Crippen LogP contribution >= 0.6 is 0 Å². The first-order chi connectivity index (χ1) is 9.11. The van der Waals surface area contributed by atoms with E-state index < -0.39 is 5.97 Å². The Hall–Kier alpha value is -1.75. The predicted octanol–water partition coefficient (Wildman–Crippen LogP) is 2.30. The maximum Gasteiger partial charge on any atom is 0.341 e. The van der Waals surface area contributed by atoms with E-state index in [1.807, 2.05) is 0 Å². The Morgan fingerprint density at radius 3 is 2.79 bits per heavy atom. The van der Waals surface area contributed by atoms with Crippen molar-refractivity contribution in [3.8, 4) is 5.75 Å². The largest absolute Gasteiger partial charge is 0.489 e. The lowest BCUT2D eigenvalue weighted by Crippen LogP contribution is -2.30. The monoisotopic (exact) mass is 265 g/mol. The van der Waals surface area contributed by atoms with Crippen LogP contribution in [0.1, 0.15) is 36.0 Å². The third kappa shape index (κ3) is 3.17. The number of hydrogen-bond donors (Lipinski definition) is 2. The summed E-state index contributed by atoms with van der Waals surface area (Å²) >= 11 is 0. The summed E-state index contributed by atoms with van der Waals surface area (Å²) < 4.78 is 11.2. The van der Waals surface area contributed by atoms with Gasteiger partial charge in [0.05, 0.1) is 6.10 Å². The van der Waals surface area contributed by atoms with E-state index in [1.54, 1.807) is 25.3 Å². The molecule has 0 heterocycles.